The summed E-state index contributed by atoms with van der Waals surface area (Å²) >= 11 is 0. The molecular weight excluding hydrogens is 246 g/mol. The molecule has 1 amide bonds. The first-order valence-corrected chi connectivity index (χ1v) is 6.12. The zero-order valence-electron chi connectivity index (χ0n) is 11.4. The summed E-state index contributed by atoms with van der Waals surface area (Å²) in [6, 6.07) is 3.18. The average Bonchev–Trinajstić information content (AvgIpc) is 2.38. The van der Waals surface area contributed by atoms with Crippen molar-refractivity contribution >= 4 is 17.6 Å². The van der Waals surface area contributed by atoms with Gasteiger partial charge < -0.3 is 15.7 Å². The van der Waals surface area contributed by atoms with E-state index in [2.05, 4.69) is 15.6 Å². The van der Waals surface area contributed by atoms with Crippen molar-refractivity contribution in [3.8, 4) is 0 Å². The Labute approximate surface area is 112 Å². The van der Waals surface area contributed by atoms with Crippen LogP contribution in [0.25, 0.3) is 0 Å². The Bertz CT molecular complexity index is 476. The molecule has 1 aromatic heterocycles. The summed E-state index contributed by atoms with van der Waals surface area (Å²) in [5.74, 6) is -1.23. The molecule has 1 aromatic rings. The Morgan fingerprint density at radius 3 is 2.68 bits per heavy atom. The predicted octanol–water partition coefficient (Wildman–Crippen LogP) is 1.50. The van der Waals surface area contributed by atoms with E-state index < -0.39 is 11.5 Å². The quantitative estimate of drug-likeness (QED) is 0.725. The van der Waals surface area contributed by atoms with Crippen molar-refractivity contribution in [1.82, 2.24) is 10.3 Å². The van der Waals surface area contributed by atoms with Crippen LogP contribution in [0.2, 0.25) is 0 Å². The molecule has 1 heterocycles. The second-order valence-corrected chi connectivity index (χ2v) is 4.52. The molecule has 0 fully saturated rings. The maximum atomic E-state index is 11.5. The Hall–Kier alpha value is -2.11. The van der Waals surface area contributed by atoms with Crippen molar-refractivity contribution in [3.63, 3.8) is 0 Å². The van der Waals surface area contributed by atoms with Gasteiger partial charge in [-0.1, -0.05) is 13.3 Å². The molecule has 1 rings (SSSR count). The van der Waals surface area contributed by atoms with Crippen molar-refractivity contribution in [2.45, 2.75) is 32.2 Å². The second kappa shape index (κ2) is 6.17. The third-order valence-corrected chi connectivity index (χ3v) is 2.86. The Morgan fingerprint density at radius 1 is 1.47 bits per heavy atom. The van der Waals surface area contributed by atoms with Crippen LogP contribution in [-0.4, -0.2) is 34.6 Å². The summed E-state index contributed by atoms with van der Waals surface area (Å²) in [6.45, 7) is 3.55. The molecule has 0 saturated heterocycles. The maximum Gasteiger partial charge on any atom is 0.329 e. The molecule has 1 atom stereocenters. The van der Waals surface area contributed by atoms with Crippen LogP contribution in [0.4, 0.5) is 5.69 Å². The smallest absolute Gasteiger partial charge is 0.329 e. The van der Waals surface area contributed by atoms with Gasteiger partial charge in [0.1, 0.15) is 11.2 Å². The second-order valence-electron chi connectivity index (χ2n) is 4.52. The topological polar surface area (TPSA) is 91.3 Å². The van der Waals surface area contributed by atoms with Crippen LogP contribution in [0.1, 0.15) is 37.2 Å². The number of rotatable bonds is 6. The zero-order chi connectivity index (χ0) is 14.5. The molecule has 104 valence electrons. The first-order valence-electron chi connectivity index (χ1n) is 6.12. The number of carboxylic acids is 1. The number of hydrogen-bond acceptors (Lipinski definition) is 4. The predicted molar refractivity (Wildman–Crippen MR) is 72.2 cm³/mol. The first kappa shape index (κ1) is 14.9. The molecule has 0 spiro atoms. The lowest BCUT2D eigenvalue weighted by atomic mass is 9.96. The number of nitrogens with zero attached hydrogens (tertiary/aromatic N) is 1. The number of nitrogens with one attached hydrogen (secondary N) is 2. The lowest BCUT2D eigenvalue weighted by Crippen LogP contribution is -2.43. The van der Waals surface area contributed by atoms with Crippen LogP contribution < -0.4 is 10.6 Å². The van der Waals surface area contributed by atoms with Crippen LogP contribution in [0.3, 0.4) is 0 Å². The summed E-state index contributed by atoms with van der Waals surface area (Å²) in [4.78, 5) is 26.7. The molecule has 0 radical (unpaired) electrons. The molecule has 6 nitrogen and oxygen atoms in total. The number of carbonyl (C=O) groups is 2. The minimum Gasteiger partial charge on any atom is -0.480 e. The van der Waals surface area contributed by atoms with Gasteiger partial charge in [0.15, 0.2) is 0 Å². The molecule has 0 bridgehead atoms. The number of pyridine rings is 1. The highest BCUT2D eigenvalue weighted by Crippen LogP contribution is 2.20. The molecule has 0 aliphatic rings. The van der Waals surface area contributed by atoms with Crippen molar-refractivity contribution in [2.24, 2.45) is 0 Å². The van der Waals surface area contributed by atoms with Gasteiger partial charge in [-0.15, -0.1) is 0 Å². The highest BCUT2D eigenvalue weighted by atomic mass is 16.4. The van der Waals surface area contributed by atoms with E-state index in [1.165, 1.54) is 19.3 Å². The maximum absolute atomic E-state index is 11.5. The van der Waals surface area contributed by atoms with Crippen LogP contribution in [0, 0.1) is 0 Å². The number of anilines is 1. The average molecular weight is 265 g/mol. The Morgan fingerprint density at radius 2 is 2.16 bits per heavy atom. The third kappa shape index (κ3) is 3.67. The highest BCUT2D eigenvalue weighted by molar-refractivity contribution is 5.93. The number of aromatic nitrogens is 1. The van der Waals surface area contributed by atoms with Gasteiger partial charge in [-0.3, -0.25) is 9.78 Å². The Balaban J connectivity index is 2.97. The Kier molecular flexibility index (Phi) is 4.86. The van der Waals surface area contributed by atoms with Gasteiger partial charge >= 0.3 is 5.97 Å². The normalized spacial score (nSPS) is 13.4. The molecule has 0 aliphatic heterocycles. The summed E-state index contributed by atoms with van der Waals surface area (Å²) < 4.78 is 0. The first-order chi connectivity index (χ1) is 8.92. The zero-order valence-corrected chi connectivity index (χ0v) is 11.4. The molecular formula is C13H19N3O3. The van der Waals surface area contributed by atoms with E-state index in [0.29, 0.717) is 12.1 Å². The van der Waals surface area contributed by atoms with E-state index in [4.69, 9.17) is 0 Å². The van der Waals surface area contributed by atoms with Gasteiger partial charge in [-0.05, 0) is 25.5 Å². The van der Waals surface area contributed by atoms with Gasteiger partial charge in [0.05, 0.1) is 0 Å². The number of carboxylic acid groups (broad SMARTS) is 1. The van der Waals surface area contributed by atoms with E-state index in [9.17, 15) is 14.7 Å². The number of amides is 1. The minimum absolute atomic E-state index is 0.247. The van der Waals surface area contributed by atoms with E-state index in [-0.39, 0.29) is 11.6 Å². The van der Waals surface area contributed by atoms with Gasteiger partial charge in [0.25, 0.3) is 5.91 Å². The van der Waals surface area contributed by atoms with Crippen LogP contribution in [-0.2, 0) is 4.79 Å². The molecule has 0 aliphatic carbocycles. The van der Waals surface area contributed by atoms with E-state index in [0.717, 1.165) is 6.42 Å². The van der Waals surface area contributed by atoms with Crippen molar-refractivity contribution in [2.75, 3.05) is 12.4 Å². The monoisotopic (exact) mass is 265 g/mol. The van der Waals surface area contributed by atoms with E-state index >= 15 is 0 Å². The van der Waals surface area contributed by atoms with E-state index in [1.54, 1.807) is 13.0 Å². The van der Waals surface area contributed by atoms with Gasteiger partial charge in [-0.2, -0.15) is 0 Å². The lowest BCUT2D eigenvalue weighted by molar-refractivity contribution is -0.141. The number of aliphatic carboxylic acids is 1. The molecule has 0 saturated carbocycles. The third-order valence-electron chi connectivity index (χ3n) is 2.86. The van der Waals surface area contributed by atoms with Crippen LogP contribution >= 0.6 is 0 Å². The van der Waals surface area contributed by atoms with Crippen molar-refractivity contribution < 1.29 is 14.7 Å². The van der Waals surface area contributed by atoms with Crippen molar-refractivity contribution in [1.29, 1.82) is 0 Å². The number of carbonyl (C=O) groups excluding carboxylic acids is 1. The fourth-order valence-corrected chi connectivity index (χ4v) is 1.80. The van der Waals surface area contributed by atoms with E-state index in [1.807, 2.05) is 6.92 Å². The van der Waals surface area contributed by atoms with Crippen LogP contribution in [0.5, 0.6) is 0 Å². The molecule has 6 heteroatoms. The summed E-state index contributed by atoms with van der Waals surface area (Å²) in [5, 5.41) is 14.7. The van der Waals surface area contributed by atoms with Gasteiger partial charge in [-0.25, -0.2) is 4.79 Å². The molecule has 19 heavy (non-hydrogen) atoms. The highest BCUT2D eigenvalue weighted by Gasteiger charge is 2.31. The minimum atomic E-state index is -1.06. The molecule has 1 unspecified atom stereocenters. The number of hydrogen-bond donors (Lipinski definition) is 3. The van der Waals surface area contributed by atoms with Gasteiger partial charge in [0, 0.05) is 18.9 Å². The van der Waals surface area contributed by atoms with Crippen LogP contribution in [0.15, 0.2) is 18.3 Å². The van der Waals surface area contributed by atoms with Crippen molar-refractivity contribution in [3.05, 3.63) is 24.0 Å². The molecule has 0 aromatic carbocycles. The summed E-state index contributed by atoms with van der Waals surface area (Å²) in [7, 11) is 1.52. The SMILES string of the molecule is CCCC(C)(Nc1ccnc(C(=O)NC)c1)C(=O)O. The van der Waals surface area contributed by atoms with Gasteiger partial charge in [0.2, 0.25) is 0 Å². The largest absolute Gasteiger partial charge is 0.480 e. The molecule has 3 N–H and O–H groups in total. The fraction of sp³-hybridized carbons (Fsp3) is 0.462. The lowest BCUT2D eigenvalue weighted by Gasteiger charge is -2.27. The standard InChI is InChI=1S/C13H19N3O3/c1-4-6-13(2,12(18)19)16-9-5-7-15-10(8-9)11(17)14-3/h5,7-8H,4,6H2,1-3H3,(H,14,17)(H,15,16)(H,18,19). The fourth-order valence-electron chi connectivity index (χ4n) is 1.80. The summed E-state index contributed by atoms with van der Waals surface area (Å²) in [5.41, 5.74) is -0.250. The summed E-state index contributed by atoms with van der Waals surface area (Å²) in [6.07, 6.45) is 2.70.